The van der Waals surface area contributed by atoms with Crippen LogP contribution in [0.1, 0.15) is 27.0 Å². The molecule has 0 aliphatic heterocycles. The molecular formula is C20H23NO6S. The van der Waals surface area contributed by atoms with E-state index < -0.39 is 28.5 Å². The van der Waals surface area contributed by atoms with Gasteiger partial charge in [-0.1, -0.05) is 35.4 Å². The molecular weight excluding hydrogens is 382 g/mol. The first-order valence-corrected chi connectivity index (χ1v) is 9.94. The Kier molecular flexibility index (Phi) is 6.93. The molecule has 2 rings (SSSR count). The fraction of sp³-hybridized carbons (Fsp3) is 0.300. The van der Waals surface area contributed by atoms with Gasteiger partial charge in [-0.15, -0.1) is 0 Å². The number of esters is 2. The minimum atomic E-state index is -4.00. The molecule has 0 fully saturated rings. The highest BCUT2D eigenvalue weighted by atomic mass is 32.2. The molecule has 150 valence electrons. The number of sulfonamides is 1. The summed E-state index contributed by atoms with van der Waals surface area (Å²) in [4.78, 5) is 24.0. The summed E-state index contributed by atoms with van der Waals surface area (Å²) in [6.45, 7) is 3.00. The van der Waals surface area contributed by atoms with Crippen molar-refractivity contribution in [3.63, 3.8) is 0 Å². The Labute approximate surface area is 164 Å². The third-order valence-corrected chi connectivity index (χ3v) is 6.01. The number of carbonyl (C=O) groups excluding carboxylic acids is 2. The normalized spacial score (nSPS) is 11.3. The minimum absolute atomic E-state index is 0.0503. The van der Waals surface area contributed by atoms with E-state index >= 15 is 0 Å². The van der Waals surface area contributed by atoms with Crippen molar-refractivity contribution in [2.45, 2.75) is 25.3 Å². The number of carbonyl (C=O) groups is 2. The summed E-state index contributed by atoms with van der Waals surface area (Å²) in [5.41, 5.74) is 2.42. The number of hydrogen-bond acceptors (Lipinski definition) is 6. The van der Waals surface area contributed by atoms with E-state index in [1.807, 2.05) is 13.8 Å². The van der Waals surface area contributed by atoms with Gasteiger partial charge in [0.15, 0.2) is 0 Å². The maximum Gasteiger partial charge on any atom is 0.338 e. The van der Waals surface area contributed by atoms with Crippen LogP contribution in [-0.4, -0.2) is 45.4 Å². The highest BCUT2D eigenvalue weighted by Gasteiger charge is 2.28. The standard InChI is InChI=1S/C20H23NO6S/c1-14-5-8-17(9-6-14)28(24,25)21(13-19(22)26-3)12-16-11-15(2)7-10-18(16)20(23)27-4/h5-11H,12-13H2,1-4H3. The zero-order valence-electron chi connectivity index (χ0n) is 16.3. The highest BCUT2D eigenvalue weighted by molar-refractivity contribution is 7.89. The quantitative estimate of drug-likeness (QED) is 0.658. The van der Waals surface area contributed by atoms with E-state index in [0.29, 0.717) is 5.56 Å². The average molecular weight is 405 g/mol. The largest absolute Gasteiger partial charge is 0.468 e. The molecule has 8 heteroatoms. The number of nitrogens with zero attached hydrogens (tertiary/aromatic N) is 1. The minimum Gasteiger partial charge on any atom is -0.468 e. The van der Waals surface area contributed by atoms with E-state index in [4.69, 9.17) is 4.74 Å². The smallest absolute Gasteiger partial charge is 0.338 e. The third kappa shape index (κ3) is 4.96. The van der Waals surface area contributed by atoms with Crippen LogP contribution in [0.15, 0.2) is 47.4 Å². The van der Waals surface area contributed by atoms with Gasteiger partial charge in [-0.3, -0.25) is 4.79 Å². The predicted molar refractivity (Wildman–Crippen MR) is 103 cm³/mol. The van der Waals surface area contributed by atoms with Gasteiger partial charge in [0.2, 0.25) is 10.0 Å². The van der Waals surface area contributed by atoms with Crippen LogP contribution >= 0.6 is 0 Å². The summed E-state index contributed by atoms with van der Waals surface area (Å²) in [6.07, 6.45) is 0. The van der Waals surface area contributed by atoms with Crippen LogP contribution in [-0.2, 0) is 30.8 Å². The Bertz CT molecular complexity index is 967. The van der Waals surface area contributed by atoms with E-state index in [9.17, 15) is 18.0 Å². The zero-order valence-corrected chi connectivity index (χ0v) is 17.1. The molecule has 0 radical (unpaired) electrons. The maximum absolute atomic E-state index is 13.1. The Morgan fingerprint density at radius 2 is 1.54 bits per heavy atom. The fourth-order valence-corrected chi connectivity index (χ4v) is 4.01. The average Bonchev–Trinajstić information content (AvgIpc) is 2.67. The van der Waals surface area contributed by atoms with Crippen LogP contribution in [0.5, 0.6) is 0 Å². The lowest BCUT2D eigenvalue weighted by Crippen LogP contribution is -2.36. The van der Waals surface area contributed by atoms with Gasteiger partial charge < -0.3 is 9.47 Å². The van der Waals surface area contributed by atoms with E-state index in [1.54, 1.807) is 30.3 Å². The molecule has 7 nitrogen and oxygen atoms in total. The Balaban J connectivity index is 2.50. The molecule has 0 bridgehead atoms. The van der Waals surface area contributed by atoms with Crippen LogP contribution in [0.2, 0.25) is 0 Å². The van der Waals surface area contributed by atoms with E-state index in [0.717, 1.165) is 15.4 Å². The van der Waals surface area contributed by atoms with Crippen molar-refractivity contribution < 1.29 is 27.5 Å². The van der Waals surface area contributed by atoms with Gasteiger partial charge >= 0.3 is 11.9 Å². The van der Waals surface area contributed by atoms with Crippen LogP contribution in [0, 0.1) is 13.8 Å². The second kappa shape index (κ2) is 8.99. The van der Waals surface area contributed by atoms with Crippen molar-refractivity contribution in [2.75, 3.05) is 20.8 Å². The zero-order chi connectivity index (χ0) is 20.9. The Morgan fingerprint density at radius 1 is 0.929 bits per heavy atom. The summed E-state index contributed by atoms with van der Waals surface area (Å²) in [5, 5.41) is 0. The second-order valence-corrected chi connectivity index (χ2v) is 8.25. The van der Waals surface area contributed by atoms with Gasteiger partial charge in [-0.25, -0.2) is 13.2 Å². The molecule has 0 spiro atoms. The first-order chi connectivity index (χ1) is 13.2. The first kappa shape index (κ1) is 21.6. The molecule has 0 saturated carbocycles. The van der Waals surface area contributed by atoms with E-state index in [1.165, 1.54) is 26.4 Å². The van der Waals surface area contributed by atoms with Crippen molar-refractivity contribution in [3.8, 4) is 0 Å². The first-order valence-electron chi connectivity index (χ1n) is 8.50. The molecule has 0 aliphatic carbocycles. The highest BCUT2D eigenvalue weighted by Crippen LogP contribution is 2.22. The monoisotopic (exact) mass is 405 g/mol. The lowest BCUT2D eigenvalue weighted by atomic mass is 10.0. The molecule has 0 amide bonds. The third-order valence-electron chi connectivity index (χ3n) is 4.20. The number of rotatable bonds is 7. The second-order valence-electron chi connectivity index (χ2n) is 6.31. The van der Waals surface area contributed by atoms with Gasteiger partial charge in [0.25, 0.3) is 0 Å². The Morgan fingerprint density at radius 3 is 2.11 bits per heavy atom. The number of ether oxygens (including phenoxy) is 2. The number of benzene rings is 2. The molecule has 28 heavy (non-hydrogen) atoms. The summed E-state index contributed by atoms with van der Waals surface area (Å²) in [5.74, 6) is -1.29. The van der Waals surface area contributed by atoms with Crippen LogP contribution in [0.25, 0.3) is 0 Å². The molecule has 0 aliphatic rings. The van der Waals surface area contributed by atoms with Crippen LogP contribution in [0.3, 0.4) is 0 Å². The lowest BCUT2D eigenvalue weighted by Gasteiger charge is -2.22. The molecule has 0 saturated heterocycles. The lowest BCUT2D eigenvalue weighted by molar-refractivity contribution is -0.140. The van der Waals surface area contributed by atoms with Gasteiger partial charge in [0, 0.05) is 6.54 Å². The van der Waals surface area contributed by atoms with Gasteiger partial charge in [0.1, 0.15) is 6.54 Å². The van der Waals surface area contributed by atoms with Crippen molar-refractivity contribution in [2.24, 2.45) is 0 Å². The van der Waals surface area contributed by atoms with Crippen LogP contribution in [0.4, 0.5) is 0 Å². The van der Waals surface area contributed by atoms with Crippen molar-refractivity contribution in [1.29, 1.82) is 0 Å². The van der Waals surface area contributed by atoms with E-state index in [-0.39, 0.29) is 17.0 Å². The summed E-state index contributed by atoms with van der Waals surface area (Å²) in [6, 6.07) is 11.3. The molecule has 0 heterocycles. The van der Waals surface area contributed by atoms with Crippen molar-refractivity contribution in [3.05, 3.63) is 64.7 Å². The molecule has 0 atom stereocenters. The number of methoxy groups -OCH3 is 2. The SMILES string of the molecule is COC(=O)CN(Cc1cc(C)ccc1C(=O)OC)S(=O)(=O)c1ccc(C)cc1. The summed E-state index contributed by atoms with van der Waals surface area (Å²) < 4.78 is 36.7. The summed E-state index contributed by atoms with van der Waals surface area (Å²) >= 11 is 0. The van der Waals surface area contributed by atoms with Gasteiger partial charge in [0.05, 0.1) is 24.7 Å². The Hall–Kier alpha value is -2.71. The van der Waals surface area contributed by atoms with Gasteiger partial charge in [-0.05, 0) is 37.6 Å². The molecule has 0 N–H and O–H groups in total. The molecule has 0 unspecified atom stereocenters. The molecule has 2 aromatic rings. The predicted octanol–water partition coefficient (Wildman–Crippen LogP) is 2.45. The topological polar surface area (TPSA) is 90.0 Å². The number of hydrogen-bond donors (Lipinski definition) is 0. The van der Waals surface area contributed by atoms with E-state index in [2.05, 4.69) is 4.74 Å². The molecule has 2 aromatic carbocycles. The van der Waals surface area contributed by atoms with Gasteiger partial charge in [-0.2, -0.15) is 4.31 Å². The molecule has 0 aromatic heterocycles. The van der Waals surface area contributed by atoms with Crippen LogP contribution < -0.4 is 0 Å². The van der Waals surface area contributed by atoms with Crippen molar-refractivity contribution in [1.82, 2.24) is 4.31 Å². The maximum atomic E-state index is 13.1. The number of aryl methyl sites for hydroxylation is 2. The van der Waals surface area contributed by atoms with Crippen molar-refractivity contribution >= 4 is 22.0 Å². The summed E-state index contributed by atoms with van der Waals surface area (Å²) in [7, 11) is -1.57. The fourth-order valence-electron chi connectivity index (χ4n) is 2.65.